The zero-order chi connectivity index (χ0) is 17.1. The van der Waals surface area contributed by atoms with Gasteiger partial charge in [0, 0.05) is 11.8 Å². The normalized spacial score (nSPS) is 10.5. The summed E-state index contributed by atoms with van der Waals surface area (Å²) in [6, 6.07) is 12.2. The number of aromatic nitrogens is 1. The van der Waals surface area contributed by atoms with Crippen molar-refractivity contribution >= 4 is 11.7 Å². The van der Waals surface area contributed by atoms with Crippen LogP contribution in [0.4, 0.5) is 19.0 Å². The fourth-order valence-corrected chi connectivity index (χ4v) is 2.17. The molecule has 0 unspecified atom stereocenters. The zero-order valence-electron chi connectivity index (χ0n) is 12.3. The highest BCUT2D eigenvalue weighted by molar-refractivity contribution is 6.04. The van der Waals surface area contributed by atoms with E-state index in [-0.39, 0.29) is 11.6 Å². The van der Waals surface area contributed by atoms with Gasteiger partial charge in [-0.15, -0.1) is 0 Å². The first-order valence-electron chi connectivity index (χ1n) is 7.02. The number of hydrogen-bond acceptors (Lipinski definition) is 2. The summed E-state index contributed by atoms with van der Waals surface area (Å²) in [6.07, 6.45) is 1.47. The first-order valence-corrected chi connectivity index (χ1v) is 7.02. The van der Waals surface area contributed by atoms with E-state index in [9.17, 15) is 18.0 Å². The number of pyridine rings is 1. The summed E-state index contributed by atoms with van der Waals surface area (Å²) in [5, 5.41) is 2.34. The Hall–Kier alpha value is -3.15. The molecule has 1 amide bonds. The van der Waals surface area contributed by atoms with Crippen molar-refractivity contribution in [1.82, 2.24) is 4.98 Å². The van der Waals surface area contributed by atoms with E-state index in [1.165, 1.54) is 30.5 Å². The second-order valence-electron chi connectivity index (χ2n) is 4.99. The number of hydrogen-bond donors (Lipinski definition) is 1. The summed E-state index contributed by atoms with van der Waals surface area (Å²) in [5.41, 5.74) is 0.800. The van der Waals surface area contributed by atoms with Gasteiger partial charge in [-0.2, -0.15) is 0 Å². The van der Waals surface area contributed by atoms with Gasteiger partial charge in [0.25, 0.3) is 5.91 Å². The first kappa shape index (κ1) is 15.7. The summed E-state index contributed by atoms with van der Waals surface area (Å²) in [5.74, 6) is -3.02. The van der Waals surface area contributed by atoms with Crippen molar-refractivity contribution in [3.05, 3.63) is 83.8 Å². The number of carbonyl (C=O) groups excluding carboxylic acids is 1. The molecular formula is C18H11F3N2O. The molecule has 6 heteroatoms. The van der Waals surface area contributed by atoms with Crippen molar-refractivity contribution in [2.75, 3.05) is 5.32 Å². The summed E-state index contributed by atoms with van der Waals surface area (Å²) < 4.78 is 40.1. The lowest BCUT2D eigenvalue weighted by atomic mass is 10.1. The molecule has 2 aromatic carbocycles. The quantitative estimate of drug-likeness (QED) is 0.773. The Morgan fingerprint density at radius 2 is 1.46 bits per heavy atom. The number of amides is 1. The Kier molecular flexibility index (Phi) is 4.29. The summed E-state index contributed by atoms with van der Waals surface area (Å²) >= 11 is 0. The number of carbonyl (C=O) groups is 1. The molecule has 0 fully saturated rings. The number of nitrogens with zero attached hydrogens (tertiary/aromatic N) is 1. The molecule has 3 nitrogen and oxygen atoms in total. The van der Waals surface area contributed by atoms with E-state index < -0.39 is 23.1 Å². The topological polar surface area (TPSA) is 42.0 Å². The van der Waals surface area contributed by atoms with Crippen LogP contribution in [0.2, 0.25) is 0 Å². The Morgan fingerprint density at radius 3 is 2.04 bits per heavy atom. The minimum Gasteiger partial charge on any atom is -0.306 e. The van der Waals surface area contributed by atoms with E-state index in [2.05, 4.69) is 10.3 Å². The van der Waals surface area contributed by atoms with E-state index in [4.69, 9.17) is 0 Å². The van der Waals surface area contributed by atoms with Crippen LogP contribution in [0.3, 0.4) is 0 Å². The van der Waals surface area contributed by atoms with Gasteiger partial charge in [0.1, 0.15) is 28.8 Å². The van der Waals surface area contributed by atoms with Crippen LogP contribution >= 0.6 is 0 Å². The van der Waals surface area contributed by atoms with Crippen molar-refractivity contribution < 1.29 is 18.0 Å². The number of nitrogens with one attached hydrogen (secondary N) is 1. The lowest BCUT2D eigenvalue weighted by molar-refractivity contribution is 0.101. The van der Waals surface area contributed by atoms with E-state index in [1.807, 2.05) is 0 Å². The van der Waals surface area contributed by atoms with E-state index in [0.717, 1.165) is 17.7 Å². The minimum absolute atomic E-state index is 0.147. The predicted molar refractivity (Wildman–Crippen MR) is 83.9 cm³/mol. The van der Waals surface area contributed by atoms with Crippen LogP contribution in [-0.4, -0.2) is 10.9 Å². The maximum absolute atomic E-state index is 13.6. The number of halogens is 3. The molecule has 120 valence electrons. The molecule has 24 heavy (non-hydrogen) atoms. The van der Waals surface area contributed by atoms with Gasteiger partial charge >= 0.3 is 0 Å². The van der Waals surface area contributed by atoms with Crippen LogP contribution in [0.5, 0.6) is 0 Å². The molecule has 1 heterocycles. The molecule has 1 N–H and O–H groups in total. The molecule has 3 rings (SSSR count). The SMILES string of the molecule is O=C(Nc1ccc(-c2ccc(F)cc2)cn1)c1c(F)cccc1F. The third-order valence-corrected chi connectivity index (χ3v) is 3.37. The summed E-state index contributed by atoms with van der Waals surface area (Å²) in [6.45, 7) is 0. The smallest absolute Gasteiger partial charge is 0.262 e. The van der Waals surface area contributed by atoms with Crippen molar-refractivity contribution in [3.63, 3.8) is 0 Å². The highest BCUT2D eigenvalue weighted by atomic mass is 19.1. The molecule has 1 aromatic heterocycles. The maximum Gasteiger partial charge on any atom is 0.262 e. The molecule has 0 bridgehead atoms. The van der Waals surface area contributed by atoms with Gasteiger partial charge in [0.15, 0.2) is 0 Å². The van der Waals surface area contributed by atoms with Crippen molar-refractivity contribution in [2.24, 2.45) is 0 Å². The third-order valence-electron chi connectivity index (χ3n) is 3.37. The lowest BCUT2D eigenvalue weighted by Gasteiger charge is -2.07. The van der Waals surface area contributed by atoms with Gasteiger partial charge < -0.3 is 5.32 Å². The molecule has 3 aromatic rings. The third kappa shape index (κ3) is 3.27. The monoisotopic (exact) mass is 328 g/mol. The molecule has 0 aliphatic carbocycles. The van der Waals surface area contributed by atoms with Crippen LogP contribution in [0, 0.1) is 17.5 Å². The molecule has 0 radical (unpaired) electrons. The van der Waals surface area contributed by atoms with Gasteiger partial charge in [-0.1, -0.05) is 18.2 Å². The number of anilines is 1. The van der Waals surface area contributed by atoms with E-state index in [0.29, 0.717) is 5.56 Å². The minimum atomic E-state index is -0.949. The molecule has 0 atom stereocenters. The zero-order valence-corrected chi connectivity index (χ0v) is 12.3. The number of rotatable bonds is 3. The fraction of sp³-hybridized carbons (Fsp3) is 0. The Balaban J connectivity index is 1.79. The average molecular weight is 328 g/mol. The largest absolute Gasteiger partial charge is 0.306 e. The van der Waals surface area contributed by atoms with Crippen molar-refractivity contribution in [2.45, 2.75) is 0 Å². The Labute approximate surface area is 135 Å². The second-order valence-corrected chi connectivity index (χ2v) is 4.99. The van der Waals surface area contributed by atoms with Crippen LogP contribution < -0.4 is 5.32 Å². The summed E-state index contributed by atoms with van der Waals surface area (Å²) in [7, 11) is 0. The number of benzene rings is 2. The average Bonchev–Trinajstić information content (AvgIpc) is 2.56. The highest BCUT2D eigenvalue weighted by Gasteiger charge is 2.17. The highest BCUT2D eigenvalue weighted by Crippen LogP contribution is 2.20. The molecule has 0 saturated carbocycles. The standard InChI is InChI=1S/C18H11F3N2O/c19-13-7-4-11(5-8-13)12-6-9-16(22-10-12)23-18(24)17-14(20)2-1-3-15(17)21/h1-10H,(H,22,23,24). The van der Waals surface area contributed by atoms with Gasteiger partial charge in [-0.3, -0.25) is 4.79 Å². The first-order chi connectivity index (χ1) is 11.5. The Bertz CT molecular complexity index is 858. The fourth-order valence-electron chi connectivity index (χ4n) is 2.17. The molecular weight excluding hydrogens is 317 g/mol. The van der Waals surface area contributed by atoms with Crippen LogP contribution in [-0.2, 0) is 0 Å². The van der Waals surface area contributed by atoms with E-state index >= 15 is 0 Å². The summed E-state index contributed by atoms with van der Waals surface area (Å²) in [4.78, 5) is 16.0. The van der Waals surface area contributed by atoms with E-state index in [1.54, 1.807) is 18.2 Å². The van der Waals surface area contributed by atoms with Gasteiger partial charge in [0.2, 0.25) is 0 Å². The predicted octanol–water partition coefficient (Wildman–Crippen LogP) is 4.42. The van der Waals surface area contributed by atoms with Crippen molar-refractivity contribution in [3.8, 4) is 11.1 Å². The Morgan fingerprint density at radius 1 is 0.833 bits per heavy atom. The molecule has 0 spiro atoms. The maximum atomic E-state index is 13.6. The van der Waals surface area contributed by atoms with Crippen molar-refractivity contribution in [1.29, 1.82) is 0 Å². The molecule has 0 saturated heterocycles. The van der Waals surface area contributed by atoms with Crippen LogP contribution in [0.15, 0.2) is 60.8 Å². The van der Waals surface area contributed by atoms with Gasteiger partial charge in [-0.05, 0) is 42.0 Å². The van der Waals surface area contributed by atoms with Gasteiger partial charge in [-0.25, -0.2) is 18.2 Å². The van der Waals surface area contributed by atoms with Crippen LogP contribution in [0.1, 0.15) is 10.4 Å². The molecule has 0 aliphatic heterocycles. The van der Waals surface area contributed by atoms with Gasteiger partial charge in [0.05, 0.1) is 0 Å². The second kappa shape index (κ2) is 6.54. The lowest BCUT2D eigenvalue weighted by Crippen LogP contribution is -2.16. The molecule has 0 aliphatic rings. The van der Waals surface area contributed by atoms with Crippen LogP contribution in [0.25, 0.3) is 11.1 Å².